The van der Waals surface area contributed by atoms with Crippen molar-refractivity contribution >= 4 is 0 Å². The maximum atomic E-state index is 12.6. The molecule has 1 aromatic rings. The molecular formula is C16H24F3NO. The van der Waals surface area contributed by atoms with Crippen LogP contribution in [0.2, 0.25) is 0 Å². The molecule has 0 aliphatic carbocycles. The zero-order valence-corrected chi connectivity index (χ0v) is 13.1. The lowest BCUT2D eigenvalue weighted by Gasteiger charge is -2.38. The zero-order valence-electron chi connectivity index (χ0n) is 13.1. The van der Waals surface area contributed by atoms with Gasteiger partial charge in [0.15, 0.2) is 0 Å². The number of hydrogen-bond acceptors (Lipinski definition) is 2. The third kappa shape index (κ3) is 4.20. The number of halogens is 3. The molecule has 1 atom stereocenters. The molecule has 1 unspecified atom stereocenters. The minimum absolute atomic E-state index is 0.0502. The van der Waals surface area contributed by atoms with Gasteiger partial charge < -0.3 is 10.1 Å². The molecule has 0 spiro atoms. The molecule has 0 saturated carbocycles. The molecule has 0 bridgehead atoms. The number of benzene rings is 1. The molecule has 0 amide bonds. The Balaban J connectivity index is 2.92. The van der Waals surface area contributed by atoms with Gasteiger partial charge >= 0.3 is 6.18 Å². The number of ether oxygens (including phenoxy) is 1. The van der Waals surface area contributed by atoms with Gasteiger partial charge in [-0.1, -0.05) is 26.0 Å². The predicted molar refractivity (Wildman–Crippen MR) is 78.3 cm³/mol. The first-order chi connectivity index (χ1) is 9.82. The Labute approximate surface area is 124 Å². The van der Waals surface area contributed by atoms with E-state index >= 15 is 0 Å². The number of likely N-dealkylation sites (N-methyl/N-ethyl adjacent to an activating group) is 1. The quantitative estimate of drug-likeness (QED) is 0.821. The number of hydrogen-bond donors (Lipinski definition) is 1. The van der Waals surface area contributed by atoms with Gasteiger partial charge in [-0.05, 0) is 44.0 Å². The van der Waals surface area contributed by atoms with Crippen LogP contribution < -0.4 is 5.32 Å². The third-order valence-electron chi connectivity index (χ3n) is 4.31. The van der Waals surface area contributed by atoms with E-state index in [1.165, 1.54) is 0 Å². The van der Waals surface area contributed by atoms with Crippen LogP contribution in [0.5, 0.6) is 0 Å². The van der Waals surface area contributed by atoms with E-state index in [0.717, 1.165) is 30.5 Å². The van der Waals surface area contributed by atoms with E-state index in [4.69, 9.17) is 4.74 Å². The van der Waals surface area contributed by atoms with E-state index in [1.807, 2.05) is 7.05 Å². The van der Waals surface area contributed by atoms with Crippen LogP contribution in [0.4, 0.5) is 13.2 Å². The number of methoxy groups -OCH3 is 1. The van der Waals surface area contributed by atoms with Crippen LogP contribution in [0.3, 0.4) is 0 Å². The molecule has 1 aromatic carbocycles. The lowest BCUT2D eigenvalue weighted by atomic mass is 9.84. The van der Waals surface area contributed by atoms with E-state index in [0.29, 0.717) is 6.42 Å². The van der Waals surface area contributed by atoms with Crippen LogP contribution in [0.1, 0.15) is 37.8 Å². The standard InChI is InChI=1S/C16H24F3NO/c1-5-15(6-2,21-4)14(20-3)11-12-7-9-13(10-8-12)16(17,18)19/h7-10,14,20H,5-6,11H2,1-4H3. The van der Waals surface area contributed by atoms with Crippen LogP contribution in [-0.4, -0.2) is 25.8 Å². The largest absolute Gasteiger partial charge is 0.416 e. The van der Waals surface area contributed by atoms with Gasteiger partial charge in [-0.2, -0.15) is 13.2 Å². The van der Waals surface area contributed by atoms with Gasteiger partial charge in [0.2, 0.25) is 0 Å². The van der Waals surface area contributed by atoms with Crippen molar-refractivity contribution < 1.29 is 17.9 Å². The van der Waals surface area contributed by atoms with E-state index in [-0.39, 0.29) is 11.6 Å². The molecule has 0 fully saturated rings. The summed E-state index contributed by atoms with van der Waals surface area (Å²) in [5.41, 5.74) is -0.0563. The van der Waals surface area contributed by atoms with Gasteiger partial charge in [-0.3, -0.25) is 0 Å². The van der Waals surface area contributed by atoms with E-state index < -0.39 is 11.7 Å². The Morgan fingerprint density at radius 1 is 1.10 bits per heavy atom. The van der Waals surface area contributed by atoms with Crippen molar-refractivity contribution in [3.05, 3.63) is 35.4 Å². The first-order valence-corrected chi connectivity index (χ1v) is 7.21. The summed E-state index contributed by atoms with van der Waals surface area (Å²) >= 11 is 0. The van der Waals surface area contributed by atoms with Crippen LogP contribution in [0, 0.1) is 0 Å². The van der Waals surface area contributed by atoms with Crippen LogP contribution in [0.15, 0.2) is 24.3 Å². The van der Waals surface area contributed by atoms with Gasteiger partial charge in [0.05, 0.1) is 11.2 Å². The summed E-state index contributed by atoms with van der Waals surface area (Å²) in [5.74, 6) is 0. The molecule has 0 saturated heterocycles. The molecule has 5 heteroatoms. The summed E-state index contributed by atoms with van der Waals surface area (Å²) in [6.45, 7) is 4.12. The van der Waals surface area contributed by atoms with E-state index in [9.17, 15) is 13.2 Å². The normalized spacial score (nSPS) is 14.2. The van der Waals surface area contributed by atoms with Crippen molar-refractivity contribution in [1.82, 2.24) is 5.32 Å². The lowest BCUT2D eigenvalue weighted by Crippen LogP contribution is -2.51. The minimum atomic E-state index is -4.29. The fourth-order valence-electron chi connectivity index (χ4n) is 2.79. The predicted octanol–water partition coefficient (Wildman–Crippen LogP) is 4.04. The summed E-state index contributed by atoms with van der Waals surface area (Å²) in [6, 6.07) is 5.40. The fourth-order valence-corrected chi connectivity index (χ4v) is 2.79. The maximum Gasteiger partial charge on any atom is 0.416 e. The minimum Gasteiger partial charge on any atom is -0.377 e. The van der Waals surface area contributed by atoms with Crippen molar-refractivity contribution in [2.75, 3.05) is 14.2 Å². The van der Waals surface area contributed by atoms with Crippen molar-refractivity contribution in [3.8, 4) is 0 Å². The Bertz CT molecular complexity index is 416. The highest BCUT2D eigenvalue weighted by Gasteiger charge is 2.35. The third-order valence-corrected chi connectivity index (χ3v) is 4.31. The second-order valence-electron chi connectivity index (χ2n) is 5.22. The molecule has 120 valence electrons. The highest BCUT2D eigenvalue weighted by Crippen LogP contribution is 2.30. The first kappa shape index (κ1) is 18.0. The summed E-state index contributed by atoms with van der Waals surface area (Å²) in [5, 5.41) is 3.24. The Hall–Kier alpha value is -1.07. The molecule has 2 nitrogen and oxygen atoms in total. The van der Waals surface area contributed by atoms with Crippen LogP contribution >= 0.6 is 0 Å². The van der Waals surface area contributed by atoms with Gasteiger partial charge in [0.25, 0.3) is 0 Å². The maximum absolute atomic E-state index is 12.6. The number of nitrogens with one attached hydrogen (secondary N) is 1. The Kier molecular flexibility index (Phi) is 6.23. The highest BCUT2D eigenvalue weighted by molar-refractivity contribution is 5.25. The average Bonchev–Trinajstić information content (AvgIpc) is 2.47. The van der Waals surface area contributed by atoms with Gasteiger partial charge in [0.1, 0.15) is 0 Å². The van der Waals surface area contributed by atoms with E-state index in [2.05, 4.69) is 19.2 Å². The molecule has 21 heavy (non-hydrogen) atoms. The van der Waals surface area contributed by atoms with Crippen molar-refractivity contribution in [2.45, 2.75) is 50.9 Å². The molecular weight excluding hydrogens is 279 g/mol. The second kappa shape index (κ2) is 7.27. The fraction of sp³-hybridized carbons (Fsp3) is 0.625. The van der Waals surface area contributed by atoms with Crippen molar-refractivity contribution in [2.24, 2.45) is 0 Å². The smallest absolute Gasteiger partial charge is 0.377 e. The van der Waals surface area contributed by atoms with Gasteiger partial charge in [0, 0.05) is 13.2 Å². The molecule has 0 radical (unpaired) electrons. The molecule has 0 aromatic heterocycles. The second-order valence-corrected chi connectivity index (χ2v) is 5.22. The molecule has 0 heterocycles. The van der Waals surface area contributed by atoms with Gasteiger partial charge in [-0.25, -0.2) is 0 Å². The van der Waals surface area contributed by atoms with Crippen molar-refractivity contribution in [3.63, 3.8) is 0 Å². The Morgan fingerprint density at radius 3 is 1.95 bits per heavy atom. The summed E-state index contributed by atoms with van der Waals surface area (Å²) in [7, 11) is 3.54. The average molecular weight is 303 g/mol. The van der Waals surface area contributed by atoms with Gasteiger partial charge in [-0.15, -0.1) is 0 Å². The summed E-state index contributed by atoms with van der Waals surface area (Å²) in [4.78, 5) is 0. The first-order valence-electron chi connectivity index (χ1n) is 7.21. The monoisotopic (exact) mass is 303 g/mol. The van der Waals surface area contributed by atoms with Crippen LogP contribution in [0.25, 0.3) is 0 Å². The molecule has 0 aliphatic heterocycles. The zero-order chi connectivity index (χ0) is 16.1. The molecule has 1 N–H and O–H groups in total. The molecule has 0 aliphatic rings. The Morgan fingerprint density at radius 2 is 1.62 bits per heavy atom. The summed E-state index contributed by atoms with van der Waals surface area (Å²) in [6.07, 6.45) is -1.98. The molecule has 1 rings (SSSR count). The lowest BCUT2D eigenvalue weighted by molar-refractivity contribution is -0.137. The number of rotatable bonds is 7. The van der Waals surface area contributed by atoms with Crippen LogP contribution in [-0.2, 0) is 17.3 Å². The SMILES string of the molecule is CCC(CC)(OC)C(Cc1ccc(C(F)(F)F)cc1)NC. The topological polar surface area (TPSA) is 21.3 Å². The van der Waals surface area contributed by atoms with E-state index in [1.54, 1.807) is 19.2 Å². The van der Waals surface area contributed by atoms with Crippen molar-refractivity contribution in [1.29, 1.82) is 0 Å². The number of alkyl halides is 3. The summed E-state index contributed by atoms with van der Waals surface area (Å²) < 4.78 is 43.4. The highest BCUT2D eigenvalue weighted by atomic mass is 19.4.